The Kier molecular flexibility index (Phi) is 5.42. The number of para-hydroxylation sites is 1. The van der Waals surface area contributed by atoms with E-state index in [0.29, 0.717) is 17.5 Å². The zero-order valence-electron chi connectivity index (χ0n) is 22.0. The second-order valence-electron chi connectivity index (χ2n) is 10.0. The first-order chi connectivity index (χ1) is 20.3. The van der Waals surface area contributed by atoms with Crippen LogP contribution in [0.2, 0.25) is 0 Å². The molecule has 41 heavy (non-hydrogen) atoms. The van der Waals surface area contributed by atoms with Crippen LogP contribution in [-0.2, 0) is 0 Å². The van der Waals surface area contributed by atoms with Crippen LogP contribution in [0.5, 0.6) is 0 Å². The van der Waals surface area contributed by atoms with Gasteiger partial charge in [-0.15, -0.1) is 0 Å². The molecule has 0 radical (unpaired) electrons. The van der Waals surface area contributed by atoms with Gasteiger partial charge in [0.1, 0.15) is 11.2 Å². The van der Waals surface area contributed by atoms with Gasteiger partial charge in [0.15, 0.2) is 17.5 Å². The van der Waals surface area contributed by atoms with E-state index >= 15 is 0 Å². The van der Waals surface area contributed by atoms with Crippen molar-refractivity contribution in [1.82, 2.24) is 15.0 Å². The summed E-state index contributed by atoms with van der Waals surface area (Å²) in [7, 11) is 0. The molecule has 0 fully saturated rings. The van der Waals surface area contributed by atoms with Crippen molar-refractivity contribution < 1.29 is 4.42 Å². The predicted octanol–water partition coefficient (Wildman–Crippen LogP) is 9.59. The van der Waals surface area contributed by atoms with E-state index in [2.05, 4.69) is 72.8 Å². The number of nitrogens with zero attached hydrogens (tertiary/aromatic N) is 3. The summed E-state index contributed by atoms with van der Waals surface area (Å²) in [6, 6.07) is 47.4. The quantitative estimate of drug-likeness (QED) is 0.230. The molecule has 8 aromatic rings. The fraction of sp³-hybridized carbons (Fsp3) is 0. The maximum atomic E-state index is 6.68. The standard InChI is InChI=1S/C37H23N3O/c1-4-12-24(13-5-1)27-18-10-20-30-31-23-22-28-29(34(31)41-33(27)30)19-11-21-32(28)37-39-35(25-14-6-2-7-15-25)38-36(40-37)26-16-8-3-9-17-26/h1-23H. The summed E-state index contributed by atoms with van der Waals surface area (Å²) in [6.07, 6.45) is 0. The summed E-state index contributed by atoms with van der Waals surface area (Å²) in [6.45, 7) is 0. The topological polar surface area (TPSA) is 51.8 Å². The molecule has 0 aliphatic carbocycles. The van der Waals surface area contributed by atoms with Crippen molar-refractivity contribution in [3.63, 3.8) is 0 Å². The van der Waals surface area contributed by atoms with Crippen LogP contribution in [0.1, 0.15) is 0 Å². The third-order valence-electron chi connectivity index (χ3n) is 7.55. The molecule has 4 nitrogen and oxygen atoms in total. The van der Waals surface area contributed by atoms with Crippen molar-refractivity contribution in [3.8, 4) is 45.3 Å². The maximum Gasteiger partial charge on any atom is 0.164 e. The van der Waals surface area contributed by atoms with Crippen LogP contribution in [0, 0.1) is 0 Å². The molecule has 0 unspecified atom stereocenters. The summed E-state index contributed by atoms with van der Waals surface area (Å²) < 4.78 is 6.68. The minimum Gasteiger partial charge on any atom is -0.455 e. The Morgan fingerprint density at radius 1 is 0.317 bits per heavy atom. The van der Waals surface area contributed by atoms with Gasteiger partial charge in [-0.05, 0) is 17.0 Å². The molecule has 0 N–H and O–H groups in total. The average Bonchev–Trinajstić information content (AvgIpc) is 3.45. The van der Waals surface area contributed by atoms with Crippen LogP contribution in [0.4, 0.5) is 0 Å². The van der Waals surface area contributed by atoms with Crippen molar-refractivity contribution in [2.45, 2.75) is 0 Å². The molecule has 0 aliphatic rings. The molecule has 2 heterocycles. The molecule has 0 bridgehead atoms. The highest BCUT2D eigenvalue weighted by molar-refractivity contribution is 6.18. The minimum atomic E-state index is 0.628. The SMILES string of the molecule is c1ccc(-c2nc(-c3ccccc3)nc(-c3cccc4c3ccc3c5cccc(-c6ccccc6)c5oc43)n2)cc1. The van der Waals surface area contributed by atoms with Crippen molar-refractivity contribution in [3.05, 3.63) is 140 Å². The van der Waals surface area contributed by atoms with Crippen molar-refractivity contribution in [2.24, 2.45) is 0 Å². The van der Waals surface area contributed by atoms with E-state index in [1.54, 1.807) is 0 Å². The smallest absolute Gasteiger partial charge is 0.164 e. The highest BCUT2D eigenvalue weighted by atomic mass is 16.3. The van der Waals surface area contributed by atoms with Gasteiger partial charge in [-0.1, -0.05) is 133 Å². The van der Waals surface area contributed by atoms with E-state index in [4.69, 9.17) is 19.4 Å². The van der Waals surface area contributed by atoms with E-state index in [1.807, 2.05) is 66.7 Å². The van der Waals surface area contributed by atoms with Crippen LogP contribution in [0.15, 0.2) is 144 Å². The lowest BCUT2D eigenvalue weighted by molar-refractivity contribution is 0.674. The zero-order valence-corrected chi connectivity index (χ0v) is 22.0. The second kappa shape index (κ2) is 9.54. The van der Waals surface area contributed by atoms with Crippen molar-refractivity contribution in [2.75, 3.05) is 0 Å². The monoisotopic (exact) mass is 525 g/mol. The third kappa shape index (κ3) is 3.97. The van der Waals surface area contributed by atoms with Gasteiger partial charge in [-0.25, -0.2) is 15.0 Å². The van der Waals surface area contributed by atoms with E-state index in [-0.39, 0.29) is 0 Å². The number of benzene rings is 6. The Hall–Kier alpha value is -5.61. The summed E-state index contributed by atoms with van der Waals surface area (Å²) >= 11 is 0. The Labute approximate surface area is 236 Å². The molecule has 0 spiro atoms. The molecule has 4 heteroatoms. The fourth-order valence-electron chi connectivity index (χ4n) is 5.58. The Morgan fingerprint density at radius 3 is 1.39 bits per heavy atom. The van der Waals surface area contributed by atoms with E-state index < -0.39 is 0 Å². The van der Waals surface area contributed by atoms with Crippen molar-refractivity contribution >= 4 is 32.7 Å². The number of hydrogen-bond acceptors (Lipinski definition) is 4. The summed E-state index contributed by atoms with van der Waals surface area (Å²) in [5, 5.41) is 4.25. The molecule has 0 atom stereocenters. The van der Waals surface area contributed by atoms with Crippen LogP contribution < -0.4 is 0 Å². The van der Waals surface area contributed by atoms with Gasteiger partial charge >= 0.3 is 0 Å². The molecule has 6 aromatic carbocycles. The molecule has 0 aliphatic heterocycles. The largest absolute Gasteiger partial charge is 0.455 e. The van der Waals surface area contributed by atoms with Gasteiger partial charge in [0.25, 0.3) is 0 Å². The minimum absolute atomic E-state index is 0.628. The lowest BCUT2D eigenvalue weighted by Crippen LogP contribution is -2.00. The molecule has 8 rings (SSSR count). The predicted molar refractivity (Wildman–Crippen MR) is 166 cm³/mol. The molecule has 0 saturated heterocycles. The normalized spacial score (nSPS) is 11.4. The van der Waals surface area contributed by atoms with Crippen LogP contribution in [0.25, 0.3) is 78.0 Å². The Morgan fingerprint density at radius 2 is 0.780 bits per heavy atom. The van der Waals surface area contributed by atoms with Gasteiger partial charge in [0.05, 0.1) is 0 Å². The maximum absolute atomic E-state index is 6.68. The lowest BCUT2D eigenvalue weighted by Gasteiger charge is -2.10. The molecular weight excluding hydrogens is 502 g/mol. The molecular formula is C37H23N3O. The number of fused-ring (bicyclic) bond motifs is 5. The van der Waals surface area contributed by atoms with Gasteiger partial charge in [-0.2, -0.15) is 0 Å². The fourth-order valence-corrected chi connectivity index (χ4v) is 5.58. The Bertz CT molecular complexity index is 2130. The first-order valence-electron chi connectivity index (χ1n) is 13.6. The third-order valence-corrected chi connectivity index (χ3v) is 7.55. The molecule has 192 valence electrons. The molecule has 0 saturated carbocycles. The van der Waals surface area contributed by atoms with E-state index in [1.165, 1.54) is 0 Å². The molecule has 0 amide bonds. The number of aromatic nitrogens is 3. The second-order valence-corrected chi connectivity index (χ2v) is 10.0. The first kappa shape index (κ1) is 23.3. The van der Waals surface area contributed by atoms with E-state index in [9.17, 15) is 0 Å². The zero-order chi connectivity index (χ0) is 27.2. The first-order valence-corrected chi connectivity index (χ1v) is 13.6. The highest BCUT2D eigenvalue weighted by Gasteiger charge is 2.18. The number of rotatable bonds is 4. The van der Waals surface area contributed by atoms with Gasteiger partial charge in [0, 0.05) is 38.4 Å². The summed E-state index contributed by atoms with van der Waals surface area (Å²) in [5.74, 6) is 1.91. The van der Waals surface area contributed by atoms with Crippen LogP contribution in [-0.4, -0.2) is 15.0 Å². The number of hydrogen-bond donors (Lipinski definition) is 0. The van der Waals surface area contributed by atoms with Crippen molar-refractivity contribution in [1.29, 1.82) is 0 Å². The lowest BCUT2D eigenvalue weighted by atomic mass is 9.99. The highest BCUT2D eigenvalue weighted by Crippen LogP contribution is 2.40. The van der Waals surface area contributed by atoms with Crippen LogP contribution in [0.3, 0.4) is 0 Å². The van der Waals surface area contributed by atoms with Gasteiger partial charge in [-0.3, -0.25) is 0 Å². The average molecular weight is 526 g/mol. The molecule has 2 aromatic heterocycles. The Balaban J connectivity index is 1.37. The van der Waals surface area contributed by atoms with Gasteiger partial charge < -0.3 is 4.42 Å². The summed E-state index contributed by atoms with van der Waals surface area (Å²) in [4.78, 5) is 14.8. The van der Waals surface area contributed by atoms with Crippen LogP contribution >= 0.6 is 0 Å². The summed E-state index contributed by atoms with van der Waals surface area (Å²) in [5.41, 5.74) is 6.80. The van der Waals surface area contributed by atoms with E-state index in [0.717, 1.165) is 60.5 Å². The number of furan rings is 1. The van der Waals surface area contributed by atoms with Gasteiger partial charge in [0.2, 0.25) is 0 Å².